The highest BCUT2D eigenvalue weighted by Gasteiger charge is 2.17. The summed E-state index contributed by atoms with van der Waals surface area (Å²) in [6.07, 6.45) is -0.628. The molecule has 0 saturated carbocycles. The third-order valence-electron chi connectivity index (χ3n) is 2.99. The van der Waals surface area contributed by atoms with Crippen LogP contribution in [-0.2, 0) is 9.53 Å². The van der Waals surface area contributed by atoms with Crippen LogP contribution in [0.5, 0.6) is 11.5 Å². The van der Waals surface area contributed by atoms with Crippen molar-refractivity contribution in [2.24, 2.45) is 5.73 Å². The molecule has 0 bridgehead atoms. The summed E-state index contributed by atoms with van der Waals surface area (Å²) in [5.41, 5.74) is 6.77. The first kappa shape index (κ1) is 17.3. The first-order valence-corrected chi connectivity index (χ1v) is 6.86. The topological polar surface area (TPSA) is 82.8 Å². The summed E-state index contributed by atoms with van der Waals surface area (Å²) in [4.78, 5) is 11.8. The van der Waals surface area contributed by atoms with Crippen molar-refractivity contribution in [3.8, 4) is 11.5 Å². The van der Waals surface area contributed by atoms with Gasteiger partial charge in [0.05, 0.1) is 13.7 Å². The molecule has 0 heterocycles. The Balaban J connectivity index is 2.71. The van der Waals surface area contributed by atoms with Crippen LogP contribution in [0.2, 0.25) is 0 Å². The lowest BCUT2D eigenvalue weighted by atomic mass is 10.1. The van der Waals surface area contributed by atoms with Gasteiger partial charge in [0.25, 0.3) is 5.91 Å². The van der Waals surface area contributed by atoms with Crippen LogP contribution in [0, 0.1) is 0 Å². The van der Waals surface area contributed by atoms with Gasteiger partial charge in [-0.15, -0.1) is 0 Å². The van der Waals surface area contributed by atoms with Crippen LogP contribution in [0.25, 0.3) is 0 Å². The van der Waals surface area contributed by atoms with E-state index in [0.717, 1.165) is 5.56 Å². The van der Waals surface area contributed by atoms with Crippen LogP contribution < -0.4 is 20.5 Å². The predicted octanol–water partition coefficient (Wildman–Crippen LogP) is 1.24. The molecule has 0 aliphatic carbocycles. The smallest absolute Gasteiger partial charge is 0.260 e. The maximum Gasteiger partial charge on any atom is 0.260 e. The second-order valence-electron chi connectivity index (χ2n) is 4.74. The van der Waals surface area contributed by atoms with Gasteiger partial charge < -0.3 is 25.3 Å². The van der Waals surface area contributed by atoms with Crippen LogP contribution >= 0.6 is 0 Å². The quantitative estimate of drug-likeness (QED) is 0.705. The molecule has 0 fully saturated rings. The highest BCUT2D eigenvalue weighted by molar-refractivity contribution is 5.80. The molecule has 0 aliphatic rings. The average Bonchev–Trinajstić information content (AvgIpc) is 2.47. The Labute approximate surface area is 125 Å². The number of carbonyl (C=O) groups is 1. The molecular weight excluding hydrogens is 272 g/mol. The van der Waals surface area contributed by atoms with E-state index < -0.39 is 6.10 Å². The van der Waals surface area contributed by atoms with Crippen molar-refractivity contribution in [1.82, 2.24) is 5.32 Å². The molecular formula is C15H24N2O4. The predicted molar refractivity (Wildman–Crippen MR) is 80.6 cm³/mol. The number of hydrogen-bond donors (Lipinski definition) is 2. The Morgan fingerprint density at radius 2 is 2.00 bits per heavy atom. The van der Waals surface area contributed by atoms with Crippen molar-refractivity contribution >= 4 is 5.91 Å². The molecule has 118 valence electrons. The molecule has 1 rings (SSSR count). The van der Waals surface area contributed by atoms with Gasteiger partial charge in [0.15, 0.2) is 17.6 Å². The van der Waals surface area contributed by atoms with E-state index in [0.29, 0.717) is 24.7 Å². The van der Waals surface area contributed by atoms with Crippen molar-refractivity contribution < 1.29 is 19.0 Å². The molecule has 2 atom stereocenters. The number of carbonyl (C=O) groups excluding carboxylic acids is 1. The van der Waals surface area contributed by atoms with Crippen molar-refractivity contribution in [2.75, 3.05) is 27.4 Å². The number of methoxy groups -OCH3 is 2. The summed E-state index contributed by atoms with van der Waals surface area (Å²) in [6, 6.07) is 5.34. The fourth-order valence-electron chi connectivity index (χ4n) is 1.73. The molecule has 0 radical (unpaired) electrons. The van der Waals surface area contributed by atoms with Gasteiger partial charge in [-0.25, -0.2) is 0 Å². The zero-order valence-electron chi connectivity index (χ0n) is 13.0. The van der Waals surface area contributed by atoms with E-state index >= 15 is 0 Å². The Bertz CT molecular complexity index is 463. The van der Waals surface area contributed by atoms with Gasteiger partial charge in [0.1, 0.15) is 0 Å². The van der Waals surface area contributed by atoms with Gasteiger partial charge in [-0.05, 0) is 31.5 Å². The SMILES string of the molecule is COCCNC(=O)C(C)Oc1ccc([C@@H](C)N)cc1OC. The summed E-state index contributed by atoms with van der Waals surface area (Å²) in [7, 11) is 3.13. The number of ether oxygens (including phenoxy) is 3. The lowest BCUT2D eigenvalue weighted by Crippen LogP contribution is -2.38. The van der Waals surface area contributed by atoms with Crippen molar-refractivity contribution in [1.29, 1.82) is 0 Å². The molecule has 1 unspecified atom stereocenters. The Hall–Kier alpha value is -1.79. The third-order valence-corrected chi connectivity index (χ3v) is 2.99. The summed E-state index contributed by atoms with van der Waals surface area (Å²) in [5.74, 6) is 0.864. The normalized spacial score (nSPS) is 13.4. The second kappa shape index (κ2) is 8.49. The molecule has 1 aromatic rings. The van der Waals surface area contributed by atoms with E-state index in [9.17, 15) is 4.79 Å². The fourth-order valence-corrected chi connectivity index (χ4v) is 1.73. The molecule has 0 spiro atoms. The van der Waals surface area contributed by atoms with E-state index in [1.807, 2.05) is 19.1 Å². The lowest BCUT2D eigenvalue weighted by molar-refractivity contribution is -0.127. The van der Waals surface area contributed by atoms with Crippen molar-refractivity contribution in [3.05, 3.63) is 23.8 Å². The molecule has 1 amide bonds. The van der Waals surface area contributed by atoms with E-state index in [1.165, 1.54) is 0 Å². The molecule has 3 N–H and O–H groups in total. The average molecular weight is 296 g/mol. The van der Waals surface area contributed by atoms with Crippen LogP contribution in [-0.4, -0.2) is 39.4 Å². The Morgan fingerprint density at radius 3 is 2.57 bits per heavy atom. The molecule has 1 aromatic carbocycles. The minimum absolute atomic E-state index is 0.0947. The number of amides is 1. The third kappa shape index (κ3) is 5.24. The maximum absolute atomic E-state index is 11.8. The van der Waals surface area contributed by atoms with E-state index in [1.54, 1.807) is 27.2 Å². The zero-order valence-corrected chi connectivity index (χ0v) is 13.0. The summed E-state index contributed by atoms with van der Waals surface area (Å²) in [6.45, 7) is 4.48. The van der Waals surface area contributed by atoms with Crippen LogP contribution in [0.3, 0.4) is 0 Å². The number of rotatable bonds is 8. The van der Waals surface area contributed by atoms with Gasteiger partial charge in [0.2, 0.25) is 0 Å². The number of hydrogen-bond acceptors (Lipinski definition) is 5. The first-order chi connectivity index (χ1) is 9.99. The zero-order chi connectivity index (χ0) is 15.8. The van der Waals surface area contributed by atoms with E-state index in [4.69, 9.17) is 19.9 Å². The Morgan fingerprint density at radius 1 is 1.29 bits per heavy atom. The number of benzene rings is 1. The Kier molecular flexibility index (Phi) is 6.98. The van der Waals surface area contributed by atoms with Crippen LogP contribution in [0.4, 0.5) is 0 Å². The van der Waals surface area contributed by atoms with Gasteiger partial charge in [-0.3, -0.25) is 4.79 Å². The van der Waals surface area contributed by atoms with Gasteiger partial charge >= 0.3 is 0 Å². The van der Waals surface area contributed by atoms with Crippen molar-refractivity contribution in [2.45, 2.75) is 26.0 Å². The molecule has 0 saturated heterocycles. The van der Waals surface area contributed by atoms with E-state index in [-0.39, 0.29) is 11.9 Å². The number of nitrogens with one attached hydrogen (secondary N) is 1. The minimum Gasteiger partial charge on any atom is -0.493 e. The number of nitrogens with two attached hydrogens (primary N) is 1. The summed E-state index contributed by atoms with van der Waals surface area (Å²) < 4.78 is 15.8. The monoisotopic (exact) mass is 296 g/mol. The molecule has 21 heavy (non-hydrogen) atoms. The van der Waals surface area contributed by atoms with Crippen molar-refractivity contribution in [3.63, 3.8) is 0 Å². The molecule has 6 nitrogen and oxygen atoms in total. The highest BCUT2D eigenvalue weighted by Crippen LogP contribution is 2.30. The molecule has 6 heteroatoms. The second-order valence-corrected chi connectivity index (χ2v) is 4.74. The molecule has 0 aliphatic heterocycles. The maximum atomic E-state index is 11.8. The van der Waals surface area contributed by atoms with Crippen LogP contribution in [0.1, 0.15) is 25.5 Å². The largest absolute Gasteiger partial charge is 0.493 e. The fraction of sp³-hybridized carbons (Fsp3) is 0.533. The van der Waals surface area contributed by atoms with Gasteiger partial charge in [0, 0.05) is 19.7 Å². The van der Waals surface area contributed by atoms with Gasteiger partial charge in [-0.1, -0.05) is 6.07 Å². The standard InChI is InChI=1S/C15H24N2O4/c1-10(16)12-5-6-13(14(9-12)20-4)21-11(2)15(18)17-7-8-19-3/h5-6,9-11H,7-8,16H2,1-4H3,(H,17,18)/t10-,11?/m1/s1. The van der Waals surface area contributed by atoms with E-state index in [2.05, 4.69) is 5.32 Å². The van der Waals surface area contributed by atoms with Gasteiger partial charge in [-0.2, -0.15) is 0 Å². The lowest BCUT2D eigenvalue weighted by Gasteiger charge is -2.18. The summed E-state index contributed by atoms with van der Waals surface area (Å²) in [5, 5.41) is 2.72. The van der Waals surface area contributed by atoms with Crippen LogP contribution in [0.15, 0.2) is 18.2 Å². The highest BCUT2D eigenvalue weighted by atomic mass is 16.5. The first-order valence-electron chi connectivity index (χ1n) is 6.86. The minimum atomic E-state index is -0.628. The molecule has 0 aromatic heterocycles. The summed E-state index contributed by atoms with van der Waals surface area (Å²) >= 11 is 0.